The Morgan fingerprint density at radius 1 is 1.25 bits per heavy atom. The van der Waals surface area contributed by atoms with E-state index < -0.39 is 0 Å². The topological polar surface area (TPSA) is 64.7 Å². The summed E-state index contributed by atoms with van der Waals surface area (Å²) in [6, 6.07) is 7.17. The van der Waals surface area contributed by atoms with Crippen molar-refractivity contribution in [3.8, 4) is 11.3 Å². The number of rotatable bonds is 2. The van der Waals surface area contributed by atoms with E-state index in [0.29, 0.717) is 10.8 Å². The maximum atomic E-state index is 5.81. The number of nitrogens with zero attached hydrogens (tertiary/aromatic N) is 3. The van der Waals surface area contributed by atoms with Crippen molar-refractivity contribution in [2.24, 2.45) is 5.73 Å². The second-order valence-electron chi connectivity index (χ2n) is 3.50. The predicted molar refractivity (Wildman–Crippen MR) is 62.9 cm³/mol. The lowest BCUT2D eigenvalue weighted by Crippen LogP contribution is -2.11. The van der Waals surface area contributed by atoms with Crippen molar-refractivity contribution in [2.75, 3.05) is 0 Å². The normalized spacial score (nSPS) is 12.4. The van der Waals surface area contributed by atoms with Gasteiger partial charge in [0.25, 0.3) is 0 Å². The molecule has 0 aliphatic heterocycles. The van der Waals surface area contributed by atoms with E-state index >= 15 is 0 Å². The molecule has 1 heterocycles. The Morgan fingerprint density at radius 2 is 1.94 bits per heavy atom. The van der Waals surface area contributed by atoms with Crippen molar-refractivity contribution in [3.05, 3.63) is 41.3 Å². The van der Waals surface area contributed by atoms with E-state index in [0.717, 1.165) is 11.3 Å². The Morgan fingerprint density at radius 3 is 2.56 bits per heavy atom. The molecule has 0 saturated carbocycles. The summed E-state index contributed by atoms with van der Waals surface area (Å²) in [7, 11) is 0. The highest BCUT2D eigenvalue weighted by Crippen LogP contribution is 2.19. The molecule has 0 aliphatic rings. The zero-order chi connectivity index (χ0) is 11.5. The molecule has 0 fully saturated rings. The molecule has 1 aromatic heterocycles. The van der Waals surface area contributed by atoms with Gasteiger partial charge < -0.3 is 5.73 Å². The van der Waals surface area contributed by atoms with Crippen LogP contribution >= 0.6 is 11.6 Å². The molecule has 0 saturated heterocycles. The van der Waals surface area contributed by atoms with E-state index in [4.69, 9.17) is 17.3 Å². The third kappa shape index (κ3) is 2.35. The molecule has 5 heteroatoms. The van der Waals surface area contributed by atoms with E-state index in [9.17, 15) is 0 Å². The van der Waals surface area contributed by atoms with Crippen molar-refractivity contribution < 1.29 is 0 Å². The van der Waals surface area contributed by atoms with Gasteiger partial charge in [-0.3, -0.25) is 0 Å². The molecule has 2 rings (SSSR count). The van der Waals surface area contributed by atoms with Gasteiger partial charge in [0.2, 0.25) is 0 Å². The Balaban J connectivity index is 2.40. The molecule has 16 heavy (non-hydrogen) atoms. The van der Waals surface area contributed by atoms with Crippen LogP contribution in [0.3, 0.4) is 0 Å². The first-order valence-electron chi connectivity index (χ1n) is 4.88. The van der Waals surface area contributed by atoms with Crippen LogP contribution in [0.5, 0.6) is 0 Å². The van der Waals surface area contributed by atoms with Crippen LogP contribution in [-0.4, -0.2) is 15.2 Å². The first kappa shape index (κ1) is 11.0. The summed E-state index contributed by atoms with van der Waals surface area (Å²) >= 11 is 5.81. The van der Waals surface area contributed by atoms with Crippen LogP contribution in [-0.2, 0) is 0 Å². The molecule has 82 valence electrons. The summed E-state index contributed by atoms with van der Waals surface area (Å²) in [5.74, 6) is 0.535. The quantitative estimate of drug-likeness (QED) is 0.865. The Bertz CT molecular complexity index is 482. The highest BCUT2D eigenvalue weighted by atomic mass is 35.5. The first-order valence-corrected chi connectivity index (χ1v) is 5.26. The fraction of sp³-hybridized carbons (Fsp3) is 0.182. The molecule has 1 atom stereocenters. The Hall–Kier alpha value is -1.52. The van der Waals surface area contributed by atoms with Crippen LogP contribution in [0.15, 0.2) is 30.5 Å². The number of halogens is 1. The van der Waals surface area contributed by atoms with Gasteiger partial charge in [-0.15, -0.1) is 5.10 Å². The highest BCUT2D eigenvalue weighted by molar-refractivity contribution is 6.30. The second kappa shape index (κ2) is 4.55. The van der Waals surface area contributed by atoms with Crippen molar-refractivity contribution in [1.82, 2.24) is 15.2 Å². The summed E-state index contributed by atoms with van der Waals surface area (Å²) in [4.78, 5) is 4.33. The van der Waals surface area contributed by atoms with Crippen LogP contribution in [0.2, 0.25) is 5.02 Å². The Kier molecular flexibility index (Phi) is 3.12. The molecule has 0 bridgehead atoms. The molecule has 0 amide bonds. The van der Waals surface area contributed by atoms with Crippen molar-refractivity contribution in [3.63, 3.8) is 0 Å². The Labute approximate surface area is 98.5 Å². The summed E-state index contributed by atoms with van der Waals surface area (Å²) in [5.41, 5.74) is 7.39. The second-order valence-corrected chi connectivity index (χ2v) is 3.93. The van der Waals surface area contributed by atoms with Gasteiger partial charge in [-0.2, -0.15) is 5.10 Å². The number of aromatic nitrogens is 3. The molecule has 2 aromatic rings. The minimum atomic E-state index is -0.222. The molecule has 1 unspecified atom stereocenters. The van der Waals surface area contributed by atoms with Crippen LogP contribution in [0.25, 0.3) is 11.3 Å². The van der Waals surface area contributed by atoms with E-state index in [1.807, 2.05) is 31.2 Å². The predicted octanol–water partition coefficient (Wildman–Crippen LogP) is 2.21. The molecule has 0 radical (unpaired) electrons. The van der Waals surface area contributed by atoms with Crippen molar-refractivity contribution in [2.45, 2.75) is 13.0 Å². The third-order valence-corrected chi connectivity index (χ3v) is 2.37. The van der Waals surface area contributed by atoms with Crippen LogP contribution in [0.4, 0.5) is 0 Å². The molecule has 0 aliphatic carbocycles. The molecule has 0 spiro atoms. The van der Waals surface area contributed by atoms with Gasteiger partial charge in [0.15, 0.2) is 5.82 Å². The van der Waals surface area contributed by atoms with Gasteiger partial charge >= 0.3 is 0 Å². The molecule has 2 N–H and O–H groups in total. The fourth-order valence-electron chi connectivity index (χ4n) is 1.27. The maximum absolute atomic E-state index is 5.81. The lowest BCUT2D eigenvalue weighted by molar-refractivity contribution is 0.710. The number of hydrogen-bond acceptors (Lipinski definition) is 4. The van der Waals surface area contributed by atoms with Gasteiger partial charge in [0.05, 0.1) is 17.9 Å². The van der Waals surface area contributed by atoms with Crippen LogP contribution in [0.1, 0.15) is 18.8 Å². The molecule has 4 nitrogen and oxygen atoms in total. The van der Waals surface area contributed by atoms with E-state index in [1.165, 1.54) is 0 Å². The van der Waals surface area contributed by atoms with Gasteiger partial charge in [0.1, 0.15) is 0 Å². The zero-order valence-electron chi connectivity index (χ0n) is 8.76. The molecule has 1 aromatic carbocycles. The minimum absolute atomic E-state index is 0.222. The van der Waals surface area contributed by atoms with Crippen molar-refractivity contribution >= 4 is 11.6 Å². The number of hydrogen-bond donors (Lipinski definition) is 1. The average molecular weight is 235 g/mol. The van der Waals surface area contributed by atoms with Gasteiger partial charge in [-0.1, -0.05) is 23.7 Å². The largest absolute Gasteiger partial charge is 0.321 e. The zero-order valence-corrected chi connectivity index (χ0v) is 9.52. The lowest BCUT2D eigenvalue weighted by Gasteiger charge is -2.05. The van der Waals surface area contributed by atoms with Gasteiger partial charge in [0, 0.05) is 10.6 Å². The fourth-order valence-corrected chi connectivity index (χ4v) is 1.40. The third-order valence-electron chi connectivity index (χ3n) is 2.12. The van der Waals surface area contributed by atoms with Crippen LogP contribution in [0, 0.1) is 0 Å². The highest BCUT2D eigenvalue weighted by Gasteiger charge is 2.06. The lowest BCUT2D eigenvalue weighted by atomic mass is 10.2. The number of benzene rings is 1. The van der Waals surface area contributed by atoms with Gasteiger partial charge in [-0.25, -0.2) is 4.98 Å². The summed E-state index contributed by atoms with van der Waals surface area (Å²) < 4.78 is 0. The van der Waals surface area contributed by atoms with E-state index in [2.05, 4.69) is 15.2 Å². The summed E-state index contributed by atoms with van der Waals surface area (Å²) in [6.07, 6.45) is 1.61. The maximum Gasteiger partial charge on any atom is 0.168 e. The van der Waals surface area contributed by atoms with Crippen molar-refractivity contribution in [1.29, 1.82) is 0 Å². The van der Waals surface area contributed by atoms with Crippen LogP contribution < -0.4 is 5.73 Å². The molecular formula is C11H11ClN4. The monoisotopic (exact) mass is 234 g/mol. The smallest absolute Gasteiger partial charge is 0.168 e. The molecular weight excluding hydrogens is 224 g/mol. The average Bonchev–Trinajstić information content (AvgIpc) is 2.30. The van der Waals surface area contributed by atoms with Gasteiger partial charge in [-0.05, 0) is 19.1 Å². The first-order chi connectivity index (χ1) is 7.66. The SMILES string of the molecule is CC(N)c1nncc(-c2ccc(Cl)cc2)n1. The summed E-state index contributed by atoms with van der Waals surface area (Å²) in [6.45, 7) is 1.82. The summed E-state index contributed by atoms with van der Waals surface area (Å²) in [5, 5.41) is 8.44. The van der Waals surface area contributed by atoms with E-state index in [1.54, 1.807) is 6.20 Å². The number of nitrogens with two attached hydrogens (primary N) is 1. The van der Waals surface area contributed by atoms with E-state index in [-0.39, 0.29) is 6.04 Å². The minimum Gasteiger partial charge on any atom is -0.321 e. The standard InChI is InChI=1S/C11H11ClN4/c1-7(13)11-15-10(6-14-16-11)8-2-4-9(12)5-3-8/h2-7H,13H2,1H3.